The minimum atomic E-state index is -0.852. The average Bonchev–Trinajstić information content (AvgIpc) is 2.79. The highest BCUT2D eigenvalue weighted by Crippen LogP contribution is 2.34. The Kier molecular flexibility index (Phi) is 4.60. The lowest BCUT2D eigenvalue weighted by Crippen LogP contribution is -2.41. The van der Waals surface area contributed by atoms with E-state index in [4.69, 9.17) is 4.84 Å². The van der Waals surface area contributed by atoms with Crippen molar-refractivity contribution >= 4 is 5.91 Å². The molecule has 1 N–H and O–H groups in total. The molecule has 1 amide bonds. The number of hydrogen-bond donors (Lipinski definition) is 1. The predicted molar refractivity (Wildman–Crippen MR) is 67.2 cm³/mol. The molecule has 2 aliphatic carbocycles. The summed E-state index contributed by atoms with van der Waals surface area (Å²) in [6.45, 7) is 0. The first-order valence-electron chi connectivity index (χ1n) is 7.14. The van der Waals surface area contributed by atoms with Gasteiger partial charge in [-0.2, -0.15) is 5.26 Å². The van der Waals surface area contributed by atoms with Crippen molar-refractivity contribution in [2.45, 2.75) is 70.3 Å². The van der Waals surface area contributed by atoms with Crippen molar-refractivity contribution in [3.05, 3.63) is 0 Å². The third kappa shape index (κ3) is 3.02. The van der Waals surface area contributed by atoms with Crippen LogP contribution in [0, 0.1) is 16.7 Å². The summed E-state index contributed by atoms with van der Waals surface area (Å²) in [7, 11) is 0. The number of nitrogens with zero attached hydrogens (tertiary/aromatic N) is 1. The van der Waals surface area contributed by atoms with Crippen LogP contribution in [0.1, 0.15) is 64.2 Å². The normalized spacial score (nSPS) is 24.2. The number of nitrogens with one attached hydrogen (secondary N) is 1. The largest absolute Gasteiger partial charge is 0.271 e. The summed E-state index contributed by atoms with van der Waals surface area (Å²) < 4.78 is 0. The van der Waals surface area contributed by atoms with Crippen LogP contribution in [-0.4, -0.2) is 12.0 Å². The molecule has 2 saturated carbocycles. The van der Waals surface area contributed by atoms with Crippen LogP contribution in [0.4, 0.5) is 0 Å². The summed E-state index contributed by atoms with van der Waals surface area (Å²) in [6.07, 6.45) is 10.0. The summed E-state index contributed by atoms with van der Waals surface area (Å²) in [4.78, 5) is 17.6. The van der Waals surface area contributed by atoms with Crippen LogP contribution in [0.2, 0.25) is 0 Å². The van der Waals surface area contributed by atoms with Crippen LogP contribution in [0.3, 0.4) is 0 Å². The quantitative estimate of drug-likeness (QED) is 0.619. The summed E-state index contributed by atoms with van der Waals surface area (Å²) in [5.41, 5.74) is 1.70. The summed E-state index contributed by atoms with van der Waals surface area (Å²) in [5, 5.41) is 9.36. The van der Waals surface area contributed by atoms with Crippen molar-refractivity contribution in [2.75, 3.05) is 0 Å². The zero-order valence-corrected chi connectivity index (χ0v) is 10.9. The van der Waals surface area contributed by atoms with Gasteiger partial charge in [0.25, 0.3) is 5.91 Å². The molecule has 2 aliphatic rings. The molecule has 0 aromatic rings. The third-order valence-corrected chi connectivity index (χ3v) is 4.23. The Morgan fingerprint density at radius 3 is 2.28 bits per heavy atom. The minimum Gasteiger partial charge on any atom is -0.271 e. The van der Waals surface area contributed by atoms with E-state index in [-0.39, 0.29) is 12.0 Å². The molecule has 2 fully saturated rings. The van der Waals surface area contributed by atoms with E-state index in [2.05, 4.69) is 11.5 Å². The number of hydroxylamine groups is 1. The maximum atomic E-state index is 12.2. The van der Waals surface area contributed by atoms with Crippen molar-refractivity contribution in [1.29, 1.82) is 5.26 Å². The van der Waals surface area contributed by atoms with Crippen LogP contribution in [-0.2, 0) is 9.63 Å². The maximum absolute atomic E-state index is 12.2. The Morgan fingerprint density at radius 2 is 1.72 bits per heavy atom. The van der Waals surface area contributed by atoms with Gasteiger partial charge >= 0.3 is 0 Å². The lowest BCUT2D eigenvalue weighted by molar-refractivity contribution is -0.146. The van der Waals surface area contributed by atoms with Gasteiger partial charge in [0.1, 0.15) is 5.41 Å². The van der Waals surface area contributed by atoms with Gasteiger partial charge in [-0.3, -0.25) is 9.63 Å². The molecule has 4 nitrogen and oxygen atoms in total. The fraction of sp³-hybridized carbons (Fsp3) is 0.857. The third-order valence-electron chi connectivity index (χ3n) is 4.23. The van der Waals surface area contributed by atoms with Crippen LogP contribution < -0.4 is 5.48 Å². The molecule has 0 bridgehead atoms. The molecular weight excluding hydrogens is 228 g/mol. The number of amides is 1. The second kappa shape index (κ2) is 6.19. The van der Waals surface area contributed by atoms with E-state index < -0.39 is 5.41 Å². The van der Waals surface area contributed by atoms with Gasteiger partial charge in [-0.1, -0.05) is 38.5 Å². The zero-order chi connectivity index (χ0) is 12.8. The lowest BCUT2D eigenvalue weighted by atomic mass is 9.81. The van der Waals surface area contributed by atoms with E-state index in [1.54, 1.807) is 0 Å². The molecule has 0 saturated heterocycles. The summed E-state index contributed by atoms with van der Waals surface area (Å²) in [6, 6.07) is 2.24. The molecule has 18 heavy (non-hydrogen) atoms. The Morgan fingerprint density at radius 1 is 1.11 bits per heavy atom. The Labute approximate surface area is 109 Å². The molecule has 0 heterocycles. The Hall–Kier alpha value is -1.08. The number of carbonyl (C=O) groups is 1. The van der Waals surface area contributed by atoms with E-state index in [1.165, 1.54) is 12.8 Å². The minimum absolute atomic E-state index is 0.149. The van der Waals surface area contributed by atoms with Gasteiger partial charge in [0.15, 0.2) is 0 Å². The van der Waals surface area contributed by atoms with Crippen LogP contribution in [0.15, 0.2) is 0 Å². The van der Waals surface area contributed by atoms with Crippen LogP contribution in [0.5, 0.6) is 0 Å². The Balaban J connectivity index is 1.89. The van der Waals surface area contributed by atoms with Crippen LogP contribution >= 0.6 is 0 Å². The van der Waals surface area contributed by atoms with E-state index >= 15 is 0 Å². The molecule has 0 spiro atoms. The smallest absolute Gasteiger partial charge is 0.263 e. The van der Waals surface area contributed by atoms with E-state index in [0.29, 0.717) is 12.8 Å². The van der Waals surface area contributed by atoms with Gasteiger partial charge < -0.3 is 0 Å². The van der Waals surface area contributed by atoms with Gasteiger partial charge in [0.05, 0.1) is 12.2 Å². The van der Waals surface area contributed by atoms with Crippen molar-refractivity contribution in [1.82, 2.24) is 5.48 Å². The van der Waals surface area contributed by atoms with Crippen molar-refractivity contribution in [3.8, 4) is 6.07 Å². The monoisotopic (exact) mass is 250 g/mol. The average molecular weight is 250 g/mol. The first kappa shape index (κ1) is 13.4. The molecule has 0 aromatic heterocycles. The zero-order valence-electron chi connectivity index (χ0n) is 10.9. The maximum Gasteiger partial charge on any atom is 0.263 e. The Bertz CT molecular complexity index is 321. The lowest BCUT2D eigenvalue weighted by Gasteiger charge is -2.24. The first-order chi connectivity index (χ1) is 8.77. The molecule has 0 radical (unpaired) electrons. The highest BCUT2D eigenvalue weighted by molar-refractivity contribution is 5.84. The molecule has 100 valence electrons. The highest BCUT2D eigenvalue weighted by atomic mass is 16.7. The van der Waals surface area contributed by atoms with Crippen LogP contribution in [0.25, 0.3) is 0 Å². The molecule has 0 aliphatic heterocycles. The van der Waals surface area contributed by atoms with Crippen molar-refractivity contribution in [2.24, 2.45) is 5.41 Å². The van der Waals surface area contributed by atoms with Crippen molar-refractivity contribution in [3.63, 3.8) is 0 Å². The fourth-order valence-electron chi connectivity index (χ4n) is 2.96. The van der Waals surface area contributed by atoms with Gasteiger partial charge in [0.2, 0.25) is 0 Å². The summed E-state index contributed by atoms with van der Waals surface area (Å²) in [5.74, 6) is -0.223. The van der Waals surface area contributed by atoms with Gasteiger partial charge in [-0.05, 0) is 25.7 Å². The van der Waals surface area contributed by atoms with E-state index in [1.807, 2.05) is 0 Å². The molecule has 0 unspecified atom stereocenters. The van der Waals surface area contributed by atoms with Gasteiger partial charge in [-0.15, -0.1) is 0 Å². The second-order valence-corrected chi connectivity index (χ2v) is 5.56. The SMILES string of the molecule is N#CC1(C(=O)NOC2CCCC2)CCCCCC1. The standard InChI is InChI=1S/C14H22N2O2/c15-11-14(9-5-1-2-6-10-14)13(17)16-18-12-7-3-4-8-12/h12H,1-10H2,(H,16,17). The first-order valence-corrected chi connectivity index (χ1v) is 7.14. The second-order valence-electron chi connectivity index (χ2n) is 5.56. The topological polar surface area (TPSA) is 62.1 Å². The van der Waals surface area contributed by atoms with E-state index in [0.717, 1.165) is 38.5 Å². The molecule has 2 rings (SSSR count). The number of nitriles is 1. The molecule has 4 heteroatoms. The predicted octanol–water partition coefficient (Wildman–Crippen LogP) is 2.84. The number of rotatable bonds is 3. The molecule has 0 aromatic carbocycles. The molecular formula is C14H22N2O2. The van der Waals surface area contributed by atoms with Gasteiger partial charge in [0, 0.05) is 0 Å². The highest BCUT2D eigenvalue weighted by Gasteiger charge is 2.39. The summed E-state index contributed by atoms with van der Waals surface area (Å²) >= 11 is 0. The van der Waals surface area contributed by atoms with Crippen molar-refractivity contribution < 1.29 is 9.63 Å². The van der Waals surface area contributed by atoms with Gasteiger partial charge in [-0.25, -0.2) is 5.48 Å². The number of hydrogen-bond acceptors (Lipinski definition) is 3. The molecule has 0 atom stereocenters. The fourth-order valence-corrected chi connectivity index (χ4v) is 2.96. The van der Waals surface area contributed by atoms with E-state index in [9.17, 15) is 10.1 Å². The number of carbonyl (C=O) groups excluding carboxylic acids is 1.